The number of nitrogens with two attached hydrogens (primary N) is 1. The summed E-state index contributed by atoms with van der Waals surface area (Å²) in [5.74, 6) is -0.0573. The van der Waals surface area contributed by atoms with Gasteiger partial charge in [-0.05, 0) is 19.8 Å². The van der Waals surface area contributed by atoms with Gasteiger partial charge in [0.05, 0.1) is 12.0 Å². The van der Waals surface area contributed by atoms with E-state index in [1.807, 2.05) is 6.92 Å². The van der Waals surface area contributed by atoms with Gasteiger partial charge in [-0.15, -0.1) is 0 Å². The molecule has 70 valence electrons. The number of hydrogen-bond acceptors (Lipinski definition) is 3. The molecule has 0 aromatic carbocycles. The van der Waals surface area contributed by atoms with Crippen LogP contribution in [0.1, 0.15) is 26.2 Å². The number of hydrogen-bond donors (Lipinski definition) is 2. The summed E-state index contributed by atoms with van der Waals surface area (Å²) in [4.78, 5) is 16.2. The van der Waals surface area contributed by atoms with Crippen LogP contribution in [0.4, 0.5) is 0 Å². The number of amides is 1. The molecule has 0 heterocycles. The Hall–Kier alpha value is -0.610. The van der Waals surface area contributed by atoms with Crippen molar-refractivity contribution >= 4 is 5.91 Å². The first-order valence-electron chi connectivity index (χ1n) is 4.37. The van der Waals surface area contributed by atoms with Crippen molar-refractivity contribution in [3.05, 3.63) is 0 Å². The molecule has 3 N–H and O–H groups in total. The van der Waals surface area contributed by atoms with Crippen LogP contribution >= 0.6 is 0 Å². The van der Waals surface area contributed by atoms with Crippen LogP contribution in [0.15, 0.2) is 0 Å². The molecule has 0 aliphatic heterocycles. The molecule has 12 heavy (non-hydrogen) atoms. The first-order valence-corrected chi connectivity index (χ1v) is 4.37. The average Bonchev–Trinajstić information content (AvgIpc) is 2.00. The van der Waals surface area contributed by atoms with E-state index in [4.69, 9.17) is 10.6 Å². The molecular weight excluding hydrogens is 156 g/mol. The molecule has 1 amide bonds. The van der Waals surface area contributed by atoms with Gasteiger partial charge in [0.25, 0.3) is 5.91 Å². The van der Waals surface area contributed by atoms with E-state index in [-0.39, 0.29) is 11.3 Å². The van der Waals surface area contributed by atoms with Crippen molar-refractivity contribution in [2.75, 3.05) is 13.2 Å². The van der Waals surface area contributed by atoms with Gasteiger partial charge in [-0.25, -0.2) is 5.48 Å². The molecule has 1 aliphatic carbocycles. The highest BCUT2D eigenvalue weighted by Gasteiger charge is 2.42. The number of carbonyl (C=O) groups excluding carboxylic acids is 1. The minimum atomic E-state index is -0.324. The van der Waals surface area contributed by atoms with E-state index in [0.29, 0.717) is 13.2 Å². The normalized spacial score (nSPS) is 19.8. The number of carbonyl (C=O) groups is 1. The van der Waals surface area contributed by atoms with Crippen molar-refractivity contribution in [1.82, 2.24) is 5.48 Å². The predicted octanol–water partition coefficient (Wildman–Crippen LogP) is 0.183. The number of rotatable bonds is 4. The quantitative estimate of drug-likeness (QED) is 0.595. The van der Waals surface area contributed by atoms with Crippen LogP contribution in [-0.4, -0.2) is 19.1 Å². The predicted molar refractivity (Wildman–Crippen MR) is 45.1 cm³/mol. The average molecular weight is 172 g/mol. The monoisotopic (exact) mass is 172 g/mol. The van der Waals surface area contributed by atoms with Crippen LogP contribution in [0.2, 0.25) is 0 Å². The minimum absolute atomic E-state index is 0.0573. The highest BCUT2D eigenvalue weighted by atomic mass is 16.6. The fraction of sp³-hybridized carbons (Fsp3) is 0.875. The zero-order valence-electron chi connectivity index (χ0n) is 7.43. The van der Waals surface area contributed by atoms with Crippen LogP contribution in [0.3, 0.4) is 0 Å². The first kappa shape index (κ1) is 9.48. The lowest BCUT2D eigenvalue weighted by molar-refractivity contribution is -0.148. The zero-order valence-corrected chi connectivity index (χ0v) is 7.43. The third-order valence-electron chi connectivity index (χ3n) is 2.49. The summed E-state index contributed by atoms with van der Waals surface area (Å²) in [5.41, 5.74) is 7.61. The molecule has 1 aliphatic rings. The fourth-order valence-electron chi connectivity index (χ4n) is 1.37. The van der Waals surface area contributed by atoms with Gasteiger partial charge in [0.2, 0.25) is 0 Å². The van der Waals surface area contributed by atoms with Gasteiger partial charge < -0.3 is 5.73 Å². The Balaban J connectivity index is 2.38. The largest absolute Gasteiger partial charge is 0.329 e. The molecule has 1 saturated carbocycles. The van der Waals surface area contributed by atoms with E-state index < -0.39 is 0 Å². The lowest BCUT2D eigenvalue weighted by Crippen LogP contribution is -2.50. The molecule has 0 spiro atoms. The lowest BCUT2D eigenvalue weighted by Gasteiger charge is -2.38. The summed E-state index contributed by atoms with van der Waals surface area (Å²) in [7, 11) is 0. The van der Waals surface area contributed by atoms with Gasteiger partial charge >= 0.3 is 0 Å². The molecule has 0 radical (unpaired) electrons. The van der Waals surface area contributed by atoms with E-state index in [1.54, 1.807) is 0 Å². The van der Waals surface area contributed by atoms with Gasteiger partial charge in [-0.3, -0.25) is 9.63 Å². The highest BCUT2D eigenvalue weighted by molar-refractivity contribution is 5.82. The second kappa shape index (κ2) is 3.87. The Labute approximate surface area is 72.4 Å². The van der Waals surface area contributed by atoms with E-state index >= 15 is 0 Å². The van der Waals surface area contributed by atoms with Gasteiger partial charge in [0.1, 0.15) is 0 Å². The molecule has 0 atom stereocenters. The molecule has 1 rings (SSSR count). The van der Waals surface area contributed by atoms with E-state index in [1.165, 1.54) is 0 Å². The van der Waals surface area contributed by atoms with Crippen LogP contribution in [0.5, 0.6) is 0 Å². The summed E-state index contributed by atoms with van der Waals surface area (Å²) < 4.78 is 0. The van der Waals surface area contributed by atoms with Crippen LogP contribution in [0, 0.1) is 5.41 Å². The van der Waals surface area contributed by atoms with Crippen molar-refractivity contribution < 1.29 is 9.63 Å². The van der Waals surface area contributed by atoms with Crippen LogP contribution in [-0.2, 0) is 9.63 Å². The summed E-state index contributed by atoms with van der Waals surface area (Å²) >= 11 is 0. The van der Waals surface area contributed by atoms with Gasteiger partial charge in [-0.2, -0.15) is 0 Å². The smallest absolute Gasteiger partial charge is 0.251 e. The van der Waals surface area contributed by atoms with Crippen molar-refractivity contribution in [3.63, 3.8) is 0 Å². The molecule has 1 fully saturated rings. The van der Waals surface area contributed by atoms with Crippen molar-refractivity contribution in [3.8, 4) is 0 Å². The molecule has 0 saturated heterocycles. The summed E-state index contributed by atoms with van der Waals surface area (Å²) in [6.07, 6.45) is 2.88. The molecular formula is C8H16N2O2. The highest BCUT2D eigenvalue weighted by Crippen LogP contribution is 2.39. The fourth-order valence-corrected chi connectivity index (χ4v) is 1.37. The van der Waals surface area contributed by atoms with Crippen LogP contribution in [0.25, 0.3) is 0 Å². The topological polar surface area (TPSA) is 64.3 Å². The van der Waals surface area contributed by atoms with E-state index in [2.05, 4.69) is 5.48 Å². The van der Waals surface area contributed by atoms with Crippen LogP contribution < -0.4 is 11.2 Å². The molecule has 0 bridgehead atoms. The number of hydroxylamine groups is 1. The maximum Gasteiger partial charge on any atom is 0.251 e. The Kier molecular flexibility index (Phi) is 3.05. The van der Waals surface area contributed by atoms with Gasteiger partial charge in [0.15, 0.2) is 0 Å². The standard InChI is InChI=1S/C8H16N2O2/c1-2-12-10-7(11)8(6-9)4-3-5-8/h2-6,9H2,1H3,(H,10,11). The van der Waals surface area contributed by atoms with E-state index in [9.17, 15) is 4.79 Å². The summed E-state index contributed by atoms with van der Waals surface area (Å²) in [6.45, 7) is 2.74. The lowest BCUT2D eigenvalue weighted by atomic mass is 9.68. The molecule has 0 unspecified atom stereocenters. The first-order chi connectivity index (χ1) is 5.75. The van der Waals surface area contributed by atoms with Crippen molar-refractivity contribution in [2.45, 2.75) is 26.2 Å². The molecule has 0 aromatic rings. The van der Waals surface area contributed by atoms with E-state index in [0.717, 1.165) is 19.3 Å². The molecule has 4 heteroatoms. The second-order valence-electron chi connectivity index (χ2n) is 3.20. The summed E-state index contributed by atoms with van der Waals surface area (Å²) in [5, 5.41) is 0. The maximum absolute atomic E-state index is 11.4. The third-order valence-corrected chi connectivity index (χ3v) is 2.49. The maximum atomic E-state index is 11.4. The van der Waals surface area contributed by atoms with Gasteiger partial charge in [-0.1, -0.05) is 6.42 Å². The van der Waals surface area contributed by atoms with Gasteiger partial charge in [0, 0.05) is 6.54 Å². The second-order valence-corrected chi connectivity index (χ2v) is 3.20. The van der Waals surface area contributed by atoms with Crippen molar-refractivity contribution in [2.24, 2.45) is 11.1 Å². The Morgan fingerprint density at radius 2 is 2.33 bits per heavy atom. The van der Waals surface area contributed by atoms with Crippen molar-refractivity contribution in [1.29, 1.82) is 0 Å². The minimum Gasteiger partial charge on any atom is -0.329 e. The Morgan fingerprint density at radius 1 is 1.67 bits per heavy atom. The molecule has 0 aromatic heterocycles. The Morgan fingerprint density at radius 3 is 2.67 bits per heavy atom. The third kappa shape index (κ3) is 1.59. The SMILES string of the molecule is CCONC(=O)C1(CN)CCC1. The number of nitrogens with one attached hydrogen (secondary N) is 1. The summed E-state index contributed by atoms with van der Waals surface area (Å²) in [6, 6.07) is 0. The molecule has 4 nitrogen and oxygen atoms in total. The zero-order chi connectivity index (χ0) is 9.03. The Bertz CT molecular complexity index is 161.